The van der Waals surface area contributed by atoms with Gasteiger partial charge in [0.25, 0.3) is 0 Å². The molecule has 3 aromatic heterocycles. The maximum Gasteiger partial charge on any atom is 0.154 e. The van der Waals surface area contributed by atoms with Crippen LogP contribution in [-0.4, -0.2) is 45.3 Å². The van der Waals surface area contributed by atoms with E-state index in [1.807, 2.05) is 35.7 Å². The minimum Gasteiger partial charge on any atom is -0.384 e. The first-order valence-electron chi connectivity index (χ1n) is 8.18. The molecule has 4 rings (SSSR count). The molecule has 1 aliphatic rings. The number of hydrogen-bond donors (Lipinski definition) is 2. The topological polar surface area (TPSA) is 84.4 Å². The highest BCUT2D eigenvalue weighted by molar-refractivity contribution is 5.68. The molecule has 1 saturated heterocycles. The van der Waals surface area contributed by atoms with E-state index in [2.05, 4.69) is 27.1 Å². The van der Waals surface area contributed by atoms with Gasteiger partial charge in [0.15, 0.2) is 5.65 Å². The first-order chi connectivity index (χ1) is 11.6. The maximum absolute atomic E-state index is 5.84. The summed E-state index contributed by atoms with van der Waals surface area (Å²) in [5.41, 5.74) is 9.55. The number of anilines is 2. The van der Waals surface area contributed by atoms with Crippen LogP contribution in [0.25, 0.3) is 16.9 Å². The van der Waals surface area contributed by atoms with E-state index in [0.29, 0.717) is 11.9 Å². The number of hydrogen-bond acceptors (Lipinski definition) is 6. The molecular formula is C17H21N7. The fraction of sp³-hybridized carbons (Fsp3) is 0.353. The van der Waals surface area contributed by atoms with Gasteiger partial charge in [-0.1, -0.05) is 0 Å². The number of nitrogens with two attached hydrogens (primary N) is 1. The standard InChI is InChI=1S/C17H21N7/c1-11-10-23(8-7-19-11)16-4-3-15-21-12(2)17(24(15)22-16)13-5-6-20-14(18)9-13/h3-6,9,11,19H,7-8,10H2,1-2H3,(H2,18,20). The molecule has 0 spiro atoms. The third kappa shape index (κ3) is 2.56. The summed E-state index contributed by atoms with van der Waals surface area (Å²) in [6, 6.07) is 8.33. The third-order valence-electron chi connectivity index (χ3n) is 4.38. The SMILES string of the molecule is Cc1nc2ccc(N3CCNC(C)C3)nn2c1-c1ccnc(N)c1. The van der Waals surface area contributed by atoms with Crippen molar-refractivity contribution in [2.75, 3.05) is 30.3 Å². The first-order valence-corrected chi connectivity index (χ1v) is 8.18. The summed E-state index contributed by atoms with van der Waals surface area (Å²) in [5.74, 6) is 1.46. The second-order valence-electron chi connectivity index (χ2n) is 6.28. The number of nitrogens with one attached hydrogen (secondary N) is 1. The van der Waals surface area contributed by atoms with E-state index in [9.17, 15) is 0 Å². The monoisotopic (exact) mass is 323 g/mol. The average molecular weight is 323 g/mol. The molecule has 1 unspecified atom stereocenters. The lowest BCUT2D eigenvalue weighted by Gasteiger charge is -2.32. The van der Waals surface area contributed by atoms with E-state index < -0.39 is 0 Å². The van der Waals surface area contributed by atoms with Crippen molar-refractivity contribution in [3.63, 3.8) is 0 Å². The molecule has 0 radical (unpaired) electrons. The van der Waals surface area contributed by atoms with Crippen LogP contribution in [0.2, 0.25) is 0 Å². The summed E-state index contributed by atoms with van der Waals surface area (Å²) < 4.78 is 1.91. The summed E-state index contributed by atoms with van der Waals surface area (Å²) in [4.78, 5) is 11.0. The number of nitrogen functional groups attached to an aromatic ring is 1. The van der Waals surface area contributed by atoms with Crippen LogP contribution in [0.5, 0.6) is 0 Å². The van der Waals surface area contributed by atoms with E-state index in [1.54, 1.807) is 6.20 Å². The number of imidazole rings is 1. The van der Waals surface area contributed by atoms with Crippen LogP contribution in [0, 0.1) is 6.92 Å². The van der Waals surface area contributed by atoms with Crippen molar-refractivity contribution in [1.29, 1.82) is 0 Å². The Labute approximate surface area is 140 Å². The fourth-order valence-electron chi connectivity index (χ4n) is 3.27. The number of aromatic nitrogens is 4. The second kappa shape index (κ2) is 5.76. The normalized spacial score (nSPS) is 18.2. The summed E-state index contributed by atoms with van der Waals surface area (Å²) in [5, 5.41) is 8.31. The zero-order valence-electron chi connectivity index (χ0n) is 13.9. The number of pyridine rings is 1. The molecule has 0 aliphatic carbocycles. The Bertz CT molecular complexity index is 886. The van der Waals surface area contributed by atoms with Gasteiger partial charge in [-0.2, -0.15) is 0 Å². The molecule has 1 atom stereocenters. The van der Waals surface area contributed by atoms with Gasteiger partial charge in [-0.25, -0.2) is 14.5 Å². The van der Waals surface area contributed by atoms with Crippen LogP contribution in [0.3, 0.4) is 0 Å². The number of piperazine rings is 1. The van der Waals surface area contributed by atoms with Gasteiger partial charge in [-0.3, -0.25) is 0 Å². The van der Waals surface area contributed by atoms with Crippen LogP contribution in [0.15, 0.2) is 30.5 Å². The highest BCUT2D eigenvalue weighted by Gasteiger charge is 2.19. The molecule has 1 fully saturated rings. The molecular weight excluding hydrogens is 302 g/mol. The zero-order valence-corrected chi connectivity index (χ0v) is 13.9. The molecule has 124 valence electrons. The highest BCUT2D eigenvalue weighted by Crippen LogP contribution is 2.26. The Balaban J connectivity index is 1.82. The maximum atomic E-state index is 5.84. The van der Waals surface area contributed by atoms with Crippen molar-refractivity contribution in [3.8, 4) is 11.3 Å². The molecule has 1 aliphatic heterocycles. The van der Waals surface area contributed by atoms with Crippen LogP contribution in [-0.2, 0) is 0 Å². The lowest BCUT2D eigenvalue weighted by Crippen LogP contribution is -2.49. The zero-order chi connectivity index (χ0) is 16.7. The van der Waals surface area contributed by atoms with Crippen molar-refractivity contribution in [2.45, 2.75) is 19.9 Å². The average Bonchev–Trinajstić information content (AvgIpc) is 2.89. The fourth-order valence-corrected chi connectivity index (χ4v) is 3.27. The molecule has 0 amide bonds. The van der Waals surface area contributed by atoms with Crippen LogP contribution < -0.4 is 16.0 Å². The number of nitrogens with zero attached hydrogens (tertiary/aromatic N) is 5. The van der Waals surface area contributed by atoms with E-state index in [1.165, 1.54) is 0 Å². The summed E-state index contributed by atoms with van der Waals surface area (Å²) in [6.45, 7) is 7.06. The molecule has 7 heteroatoms. The molecule has 3 N–H and O–H groups in total. The predicted molar refractivity (Wildman–Crippen MR) is 95.0 cm³/mol. The van der Waals surface area contributed by atoms with Gasteiger partial charge < -0.3 is 16.0 Å². The van der Waals surface area contributed by atoms with Gasteiger partial charge in [-0.15, -0.1) is 5.10 Å². The Hall–Kier alpha value is -2.67. The summed E-state index contributed by atoms with van der Waals surface area (Å²) in [7, 11) is 0. The van der Waals surface area contributed by atoms with Gasteiger partial charge in [-0.05, 0) is 38.1 Å². The Morgan fingerprint density at radius 1 is 1.29 bits per heavy atom. The molecule has 7 nitrogen and oxygen atoms in total. The van der Waals surface area contributed by atoms with E-state index in [-0.39, 0.29) is 0 Å². The minimum absolute atomic E-state index is 0.459. The highest BCUT2D eigenvalue weighted by atomic mass is 15.3. The van der Waals surface area contributed by atoms with Crippen molar-refractivity contribution >= 4 is 17.3 Å². The Kier molecular flexibility index (Phi) is 3.57. The number of fused-ring (bicyclic) bond motifs is 1. The molecule has 4 heterocycles. The van der Waals surface area contributed by atoms with Gasteiger partial charge in [0, 0.05) is 37.4 Å². The third-order valence-corrected chi connectivity index (χ3v) is 4.38. The van der Waals surface area contributed by atoms with E-state index in [4.69, 9.17) is 10.8 Å². The van der Waals surface area contributed by atoms with E-state index in [0.717, 1.165) is 48.1 Å². The number of rotatable bonds is 2. The Morgan fingerprint density at radius 3 is 2.96 bits per heavy atom. The lowest BCUT2D eigenvalue weighted by molar-refractivity contribution is 0.481. The molecule has 0 saturated carbocycles. The van der Waals surface area contributed by atoms with Gasteiger partial charge in [0.2, 0.25) is 0 Å². The Morgan fingerprint density at radius 2 is 2.17 bits per heavy atom. The molecule has 3 aromatic rings. The van der Waals surface area contributed by atoms with Gasteiger partial charge >= 0.3 is 0 Å². The first kappa shape index (κ1) is 14.9. The van der Waals surface area contributed by atoms with Crippen molar-refractivity contribution in [2.24, 2.45) is 0 Å². The summed E-state index contributed by atoms with van der Waals surface area (Å²) in [6.07, 6.45) is 1.71. The van der Waals surface area contributed by atoms with Gasteiger partial charge in [0.05, 0.1) is 11.4 Å². The van der Waals surface area contributed by atoms with Crippen molar-refractivity contribution < 1.29 is 0 Å². The van der Waals surface area contributed by atoms with Gasteiger partial charge in [0.1, 0.15) is 11.6 Å². The van der Waals surface area contributed by atoms with Crippen LogP contribution >= 0.6 is 0 Å². The summed E-state index contributed by atoms with van der Waals surface area (Å²) >= 11 is 0. The van der Waals surface area contributed by atoms with Crippen molar-refractivity contribution in [1.82, 2.24) is 24.9 Å². The molecule has 0 aromatic carbocycles. The molecule has 24 heavy (non-hydrogen) atoms. The van der Waals surface area contributed by atoms with Crippen LogP contribution in [0.1, 0.15) is 12.6 Å². The number of aryl methyl sites for hydroxylation is 1. The second-order valence-corrected chi connectivity index (χ2v) is 6.28. The van der Waals surface area contributed by atoms with Crippen LogP contribution in [0.4, 0.5) is 11.6 Å². The lowest BCUT2D eigenvalue weighted by atomic mass is 10.1. The minimum atomic E-state index is 0.459. The van der Waals surface area contributed by atoms with E-state index >= 15 is 0 Å². The van der Waals surface area contributed by atoms with Crippen molar-refractivity contribution in [3.05, 3.63) is 36.2 Å². The smallest absolute Gasteiger partial charge is 0.154 e. The predicted octanol–water partition coefficient (Wildman–Crippen LogP) is 1.48. The largest absolute Gasteiger partial charge is 0.384 e. The quantitative estimate of drug-likeness (QED) is 0.743. The molecule has 0 bridgehead atoms.